The summed E-state index contributed by atoms with van der Waals surface area (Å²) in [5.74, 6) is -0.294. The van der Waals surface area contributed by atoms with Crippen LogP contribution in [0.2, 0.25) is 0 Å². The van der Waals surface area contributed by atoms with Gasteiger partial charge in [0.15, 0.2) is 4.80 Å². The Morgan fingerprint density at radius 1 is 1.14 bits per heavy atom. The molecule has 2 aromatic heterocycles. The minimum atomic E-state index is -0.825. The van der Waals surface area contributed by atoms with E-state index in [1.54, 1.807) is 50.6 Å². The Hall–Kier alpha value is -4.28. The molecular weight excluding hydrogens is 645 g/mol. The van der Waals surface area contributed by atoms with Crippen LogP contribution in [0.1, 0.15) is 43.5 Å². The summed E-state index contributed by atoms with van der Waals surface area (Å²) >= 11 is 4.79. The molecule has 224 valence electrons. The molecule has 3 heterocycles. The maximum absolute atomic E-state index is 14.5. The molecule has 44 heavy (non-hydrogen) atoms. The molecule has 0 amide bonds. The maximum atomic E-state index is 14.5. The number of allylic oxidation sites excluding steroid dienone is 1. The van der Waals surface area contributed by atoms with Gasteiger partial charge in [-0.1, -0.05) is 63.7 Å². The van der Waals surface area contributed by atoms with E-state index in [0.717, 1.165) is 20.9 Å². The Kier molecular flexibility index (Phi) is 8.13. The molecular formula is C34H29BrFN3O4S. The lowest BCUT2D eigenvalue weighted by Crippen LogP contribution is -2.40. The Balaban J connectivity index is 1.55. The van der Waals surface area contributed by atoms with Gasteiger partial charge in [-0.25, -0.2) is 14.2 Å². The number of halogens is 2. The number of carbonyl (C=O) groups is 1. The van der Waals surface area contributed by atoms with Crippen molar-refractivity contribution in [1.82, 2.24) is 9.13 Å². The van der Waals surface area contributed by atoms with Crippen molar-refractivity contribution in [2.24, 2.45) is 4.99 Å². The lowest BCUT2D eigenvalue weighted by atomic mass is 9.95. The van der Waals surface area contributed by atoms with Crippen molar-refractivity contribution in [1.29, 1.82) is 0 Å². The second-order valence-corrected chi connectivity index (χ2v) is 12.7. The van der Waals surface area contributed by atoms with Crippen LogP contribution >= 0.6 is 27.3 Å². The SMILES string of the molecule is COc1ccc(Br)cc1[C@@H]1C(C(=O)OC(C)C)=C(C)N=c2s/c(=C\c3cn(Cc4ccccc4F)c4ccccc34)c(=O)n21. The number of methoxy groups -OCH3 is 1. The molecule has 10 heteroatoms. The summed E-state index contributed by atoms with van der Waals surface area (Å²) in [6.07, 6.45) is 3.41. The lowest BCUT2D eigenvalue weighted by molar-refractivity contribution is -0.143. The molecule has 6 rings (SSSR count). The Labute approximate surface area is 265 Å². The highest BCUT2D eigenvalue weighted by molar-refractivity contribution is 9.10. The maximum Gasteiger partial charge on any atom is 0.338 e. The van der Waals surface area contributed by atoms with Gasteiger partial charge in [-0.2, -0.15) is 0 Å². The number of thiazole rings is 1. The highest BCUT2D eigenvalue weighted by Gasteiger charge is 2.35. The normalized spacial score (nSPS) is 15.1. The predicted octanol–water partition coefficient (Wildman–Crippen LogP) is 6.10. The molecule has 1 atom stereocenters. The first-order chi connectivity index (χ1) is 21.2. The van der Waals surface area contributed by atoms with Gasteiger partial charge in [0.05, 0.1) is 35.6 Å². The summed E-state index contributed by atoms with van der Waals surface area (Å²) in [5.41, 5.74) is 3.37. The lowest BCUT2D eigenvalue weighted by Gasteiger charge is -2.26. The van der Waals surface area contributed by atoms with Crippen molar-refractivity contribution >= 4 is 50.2 Å². The fourth-order valence-corrected chi connectivity index (χ4v) is 6.96. The first kappa shape index (κ1) is 29.8. The number of hydrogen-bond donors (Lipinski definition) is 0. The van der Waals surface area contributed by atoms with Gasteiger partial charge in [-0.3, -0.25) is 9.36 Å². The molecule has 0 saturated carbocycles. The monoisotopic (exact) mass is 673 g/mol. The molecule has 0 N–H and O–H groups in total. The molecule has 0 radical (unpaired) electrons. The van der Waals surface area contributed by atoms with E-state index in [-0.39, 0.29) is 23.1 Å². The zero-order valence-corrected chi connectivity index (χ0v) is 26.9. The van der Waals surface area contributed by atoms with E-state index < -0.39 is 12.0 Å². The van der Waals surface area contributed by atoms with Gasteiger partial charge in [0.25, 0.3) is 5.56 Å². The average molecular weight is 675 g/mol. The second kappa shape index (κ2) is 12.0. The molecule has 0 spiro atoms. The highest BCUT2D eigenvalue weighted by atomic mass is 79.9. The molecule has 0 aliphatic carbocycles. The molecule has 1 aliphatic heterocycles. The number of para-hydroxylation sites is 1. The summed E-state index contributed by atoms with van der Waals surface area (Å²) in [6, 6.07) is 19.2. The highest BCUT2D eigenvalue weighted by Crippen LogP contribution is 2.37. The zero-order valence-electron chi connectivity index (χ0n) is 24.5. The van der Waals surface area contributed by atoms with Gasteiger partial charge in [-0.15, -0.1) is 0 Å². The fraction of sp³-hybridized carbons (Fsp3) is 0.206. The summed E-state index contributed by atoms with van der Waals surface area (Å²) in [5, 5.41) is 0.928. The standard InChI is InChI=1S/C34H29BrFN3O4S/c1-19(2)43-33(41)30-20(3)37-34-39(31(30)25-16-23(35)13-14-28(25)42-4)32(40)29(44-34)15-22-18-38(27-12-8-6-10-24(22)27)17-21-9-5-7-11-26(21)36/h5-16,18-19,31H,17H2,1-4H3/b29-15-/t31-/m1/s1. The number of rotatable bonds is 7. The van der Waals surface area contributed by atoms with E-state index in [9.17, 15) is 14.0 Å². The van der Waals surface area contributed by atoms with Crippen LogP contribution in [0, 0.1) is 5.82 Å². The molecule has 1 aliphatic rings. The van der Waals surface area contributed by atoms with Crippen molar-refractivity contribution in [3.63, 3.8) is 0 Å². The van der Waals surface area contributed by atoms with E-state index in [1.807, 2.05) is 59.3 Å². The largest absolute Gasteiger partial charge is 0.496 e. The summed E-state index contributed by atoms with van der Waals surface area (Å²) in [7, 11) is 1.55. The van der Waals surface area contributed by atoms with Crippen molar-refractivity contribution in [3.8, 4) is 5.75 Å². The topological polar surface area (TPSA) is 74.8 Å². The Bertz CT molecular complexity index is 2140. The molecule has 0 fully saturated rings. The van der Waals surface area contributed by atoms with E-state index in [4.69, 9.17) is 14.5 Å². The van der Waals surface area contributed by atoms with Crippen LogP contribution in [0.5, 0.6) is 5.75 Å². The number of aromatic nitrogens is 2. The van der Waals surface area contributed by atoms with Gasteiger partial charge < -0.3 is 14.0 Å². The van der Waals surface area contributed by atoms with Crippen LogP contribution in [0.4, 0.5) is 4.39 Å². The van der Waals surface area contributed by atoms with Crippen LogP contribution in [0.25, 0.3) is 17.0 Å². The predicted molar refractivity (Wildman–Crippen MR) is 173 cm³/mol. The first-order valence-electron chi connectivity index (χ1n) is 14.0. The third kappa shape index (κ3) is 5.44. The first-order valence-corrected chi connectivity index (χ1v) is 15.7. The van der Waals surface area contributed by atoms with E-state index >= 15 is 0 Å². The Morgan fingerprint density at radius 3 is 2.64 bits per heavy atom. The zero-order chi connectivity index (χ0) is 31.1. The minimum absolute atomic E-state index is 0.273. The Morgan fingerprint density at radius 2 is 1.89 bits per heavy atom. The smallest absolute Gasteiger partial charge is 0.338 e. The van der Waals surface area contributed by atoms with Crippen LogP contribution in [-0.2, 0) is 16.1 Å². The van der Waals surface area contributed by atoms with Crippen molar-refractivity contribution in [3.05, 3.63) is 131 Å². The van der Waals surface area contributed by atoms with Gasteiger partial charge in [0.1, 0.15) is 17.6 Å². The van der Waals surface area contributed by atoms with Gasteiger partial charge in [0.2, 0.25) is 0 Å². The van der Waals surface area contributed by atoms with E-state index in [2.05, 4.69) is 15.9 Å². The van der Waals surface area contributed by atoms with Gasteiger partial charge in [-0.05, 0) is 57.2 Å². The average Bonchev–Trinajstić information content (AvgIpc) is 3.49. The van der Waals surface area contributed by atoms with Crippen LogP contribution in [0.3, 0.4) is 0 Å². The van der Waals surface area contributed by atoms with Crippen LogP contribution in [-0.4, -0.2) is 28.3 Å². The molecule has 0 bridgehead atoms. The summed E-state index contributed by atoms with van der Waals surface area (Å²) in [6.45, 7) is 5.65. The minimum Gasteiger partial charge on any atom is -0.496 e. The van der Waals surface area contributed by atoms with E-state index in [0.29, 0.717) is 38.5 Å². The third-order valence-corrected chi connectivity index (χ3v) is 8.95. The summed E-state index contributed by atoms with van der Waals surface area (Å²) in [4.78, 5) is 32.9. The van der Waals surface area contributed by atoms with Crippen molar-refractivity contribution in [2.45, 2.75) is 39.5 Å². The molecule has 0 unspecified atom stereocenters. The third-order valence-electron chi connectivity index (χ3n) is 7.48. The summed E-state index contributed by atoms with van der Waals surface area (Å²) < 4.78 is 30.6. The van der Waals surface area contributed by atoms with Gasteiger partial charge >= 0.3 is 5.97 Å². The van der Waals surface area contributed by atoms with E-state index in [1.165, 1.54) is 17.4 Å². The van der Waals surface area contributed by atoms with Crippen LogP contribution < -0.4 is 19.6 Å². The van der Waals surface area contributed by atoms with Crippen molar-refractivity contribution in [2.75, 3.05) is 7.11 Å². The number of nitrogens with zero attached hydrogens (tertiary/aromatic N) is 3. The quantitative estimate of drug-likeness (QED) is 0.196. The van der Waals surface area contributed by atoms with Crippen molar-refractivity contribution < 1.29 is 18.7 Å². The number of ether oxygens (including phenoxy) is 2. The van der Waals surface area contributed by atoms with Crippen LogP contribution in [0.15, 0.2) is 98.5 Å². The fourth-order valence-electron chi connectivity index (χ4n) is 5.55. The molecule has 0 saturated heterocycles. The molecule has 5 aromatic rings. The second-order valence-electron chi connectivity index (χ2n) is 10.7. The number of benzene rings is 3. The molecule has 3 aromatic carbocycles. The van der Waals surface area contributed by atoms with Gasteiger partial charge in [0, 0.05) is 38.3 Å². The number of hydrogen-bond acceptors (Lipinski definition) is 6. The number of carbonyl (C=O) groups excluding carboxylic acids is 1. The molecule has 7 nitrogen and oxygen atoms in total. The number of fused-ring (bicyclic) bond motifs is 2. The number of esters is 1.